The van der Waals surface area contributed by atoms with E-state index in [-0.39, 0.29) is 30.6 Å². The van der Waals surface area contributed by atoms with Crippen LogP contribution in [0.3, 0.4) is 0 Å². The van der Waals surface area contributed by atoms with Gasteiger partial charge in [-0.1, -0.05) is 42.5 Å². The number of carbonyl (C=O) groups excluding carboxylic acids is 4. The Bertz CT molecular complexity index is 848. The van der Waals surface area contributed by atoms with Gasteiger partial charge >= 0.3 is 0 Å². The van der Waals surface area contributed by atoms with E-state index < -0.39 is 29.4 Å². The molecule has 2 aromatic carbocycles. The summed E-state index contributed by atoms with van der Waals surface area (Å²) >= 11 is 0. The zero-order valence-electron chi connectivity index (χ0n) is 14.6. The maximum Gasteiger partial charge on any atom is 0.287 e. The largest absolute Gasteiger partial charge is 0.507 e. The van der Waals surface area contributed by atoms with E-state index in [2.05, 4.69) is 5.32 Å². The Labute approximate surface area is 156 Å². The van der Waals surface area contributed by atoms with Crippen molar-refractivity contribution in [3.63, 3.8) is 0 Å². The molecule has 0 aliphatic rings. The third-order valence-electron chi connectivity index (χ3n) is 3.96. The SMILES string of the molecule is NC(=O)C(=O)[C@H](Cc1ccccc1)NC(=O)CCC(=O)c1ccccc1O. The van der Waals surface area contributed by atoms with Crippen LogP contribution in [0.4, 0.5) is 0 Å². The van der Waals surface area contributed by atoms with E-state index in [1.54, 1.807) is 42.5 Å². The molecule has 0 saturated heterocycles. The van der Waals surface area contributed by atoms with E-state index in [0.717, 1.165) is 5.56 Å². The Kier molecular flexibility index (Phi) is 6.82. The van der Waals surface area contributed by atoms with Gasteiger partial charge in [0.05, 0.1) is 5.56 Å². The maximum atomic E-state index is 12.2. The van der Waals surface area contributed by atoms with Crippen molar-refractivity contribution < 1.29 is 24.3 Å². The van der Waals surface area contributed by atoms with E-state index >= 15 is 0 Å². The molecule has 2 rings (SSSR count). The number of amides is 2. The first kappa shape index (κ1) is 19.8. The Morgan fingerprint density at radius 1 is 0.926 bits per heavy atom. The van der Waals surface area contributed by atoms with Gasteiger partial charge in [-0.2, -0.15) is 0 Å². The van der Waals surface area contributed by atoms with Crippen molar-refractivity contribution in [2.75, 3.05) is 0 Å². The number of nitrogens with two attached hydrogens (primary N) is 1. The van der Waals surface area contributed by atoms with E-state index in [1.165, 1.54) is 12.1 Å². The van der Waals surface area contributed by atoms with E-state index in [4.69, 9.17) is 5.73 Å². The standard InChI is InChI=1S/C20H20N2O5/c21-20(27)19(26)15(12-13-6-2-1-3-7-13)22-18(25)11-10-17(24)14-8-4-5-9-16(14)23/h1-9,15,23H,10-12H2,(H2,21,27)(H,22,25)/t15-/m0/s1. The summed E-state index contributed by atoms with van der Waals surface area (Å²) < 4.78 is 0. The van der Waals surface area contributed by atoms with Gasteiger partial charge in [-0.3, -0.25) is 19.2 Å². The van der Waals surface area contributed by atoms with Gasteiger partial charge in [0.25, 0.3) is 5.91 Å². The highest BCUT2D eigenvalue weighted by Gasteiger charge is 2.25. The second-order valence-electron chi connectivity index (χ2n) is 5.98. The molecule has 0 heterocycles. The molecule has 0 unspecified atom stereocenters. The number of nitrogens with one attached hydrogen (secondary N) is 1. The predicted octanol–water partition coefficient (Wildman–Crippen LogP) is 1.14. The van der Waals surface area contributed by atoms with Crippen LogP contribution in [-0.4, -0.2) is 34.5 Å². The lowest BCUT2D eigenvalue weighted by Gasteiger charge is -2.16. The zero-order chi connectivity index (χ0) is 19.8. The fourth-order valence-corrected chi connectivity index (χ4v) is 2.57. The molecule has 0 aliphatic heterocycles. The lowest BCUT2D eigenvalue weighted by atomic mass is 10.0. The molecule has 0 radical (unpaired) electrons. The van der Waals surface area contributed by atoms with Gasteiger partial charge in [0.2, 0.25) is 11.7 Å². The van der Waals surface area contributed by atoms with Gasteiger partial charge in [0, 0.05) is 19.3 Å². The molecule has 0 saturated carbocycles. The first-order valence-electron chi connectivity index (χ1n) is 8.36. The van der Waals surface area contributed by atoms with Crippen molar-refractivity contribution in [2.45, 2.75) is 25.3 Å². The molecule has 0 aromatic heterocycles. The summed E-state index contributed by atoms with van der Waals surface area (Å²) in [6, 6.07) is 13.8. The predicted molar refractivity (Wildman–Crippen MR) is 97.9 cm³/mol. The van der Waals surface area contributed by atoms with Crippen molar-refractivity contribution in [1.29, 1.82) is 0 Å². The summed E-state index contributed by atoms with van der Waals surface area (Å²) in [6.07, 6.45) is -0.224. The Morgan fingerprint density at radius 3 is 2.19 bits per heavy atom. The van der Waals surface area contributed by atoms with Gasteiger partial charge in [0.15, 0.2) is 5.78 Å². The molecule has 0 aliphatic carbocycles. The number of para-hydroxylation sites is 1. The van der Waals surface area contributed by atoms with Crippen LogP contribution in [0.5, 0.6) is 5.75 Å². The van der Waals surface area contributed by atoms with E-state index in [0.29, 0.717) is 0 Å². The van der Waals surface area contributed by atoms with Gasteiger partial charge < -0.3 is 16.2 Å². The quantitative estimate of drug-likeness (QED) is 0.452. The summed E-state index contributed by atoms with van der Waals surface area (Å²) in [6.45, 7) is 0. The first-order valence-corrected chi connectivity index (χ1v) is 8.36. The molecule has 0 spiro atoms. The van der Waals surface area contributed by atoms with Crippen molar-refractivity contribution in [2.24, 2.45) is 5.73 Å². The molecular formula is C20H20N2O5. The average Bonchev–Trinajstić information content (AvgIpc) is 2.66. The molecule has 7 nitrogen and oxygen atoms in total. The Hall–Kier alpha value is -3.48. The number of hydrogen-bond donors (Lipinski definition) is 3. The van der Waals surface area contributed by atoms with Crippen molar-refractivity contribution >= 4 is 23.4 Å². The second kappa shape index (κ2) is 9.28. The molecular weight excluding hydrogens is 348 g/mol. The van der Waals surface area contributed by atoms with Crippen molar-refractivity contribution in [1.82, 2.24) is 5.32 Å². The van der Waals surface area contributed by atoms with Crippen LogP contribution in [0.2, 0.25) is 0 Å². The summed E-state index contributed by atoms with van der Waals surface area (Å²) in [5.41, 5.74) is 5.94. The minimum absolute atomic E-state index is 0.113. The fourth-order valence-electron chi connectivity index (χ4n) is 2.57. The summed E-state index contributed by atoms with van der Waals surface area (Å²) in [4.78, 5) is 47.5. The monoisotopic (exact) mass is 368 g/mol. The van der Waals surface area contributed by atoms with Crippen LogP contribution in [0.15, 0.2) is 54.6 Å². The highest BCUT2D eigenvalue weighted by molar-refractivity contribution is 6.37. The number of Topliss-reactive ketones (excluding diaryl/α,β-unsaturated/α-hetero) is 2. The smallest absolute Gasteiger partial charge is 0.287 e. The molecule has 1 atom stereocenters. The summed E-state index contributed by atoms with van der Waals surface area (Å²) in [5.74, 6) is -3.16. The lowest BCUT2D eigenvalue weighted by Crippen LogP contribution is -2.47. The third kappa shape index (κ3) is 5.78. The molecule has 2 aromatic rings. The van der Waals surface area contributed by atoms with Crippen LogP contribution >= 0.6 is 0 Å². The van der Waals surface area contributed by atoms with Gasteiger partial charge in [-0.05, 0) is 17.7 Å². The zero-order valence-corrected chi connectivity index (χ0v) is 14.6. The number of phenols is 1. The van der Waals surface area contributed by atoms with Crippen LogP contribution in [0.1, 0.15) is 28.8 Å². The molecule has 27 heavy (non-hydrogen) atoms. The molecule has 2 amide bonds. The summed E-state index contributed by atoms with van der Waals surface area (Å²) in [7, 11) is 0. The lowest BCUT2D eigenvalue weighted by molar-refractivity contribution is -0.138. The number of benzene rings is 2. The molecule has 0 fully saturated rings. The average molecular weight is 368 g/mol. The fraction of sp³-hybridized carbons (Fsp3) is 0.200. The van der Waals surface area contributed by atoms with Crippen LogP contribution in [-0.2, 0) is 20.8 Å². The van der Waals surface area contributed by atoms with Gasteiger partial charge in [0.1, 0.15) is 11.8 Å². The minimum Gasteiger partial charge on any atom is -0.507 e. The number of phenolic OH excluding ortho intramolecular Hbond substituents is 1. The first-order chi connectivity index (χ1) is 12.9. The third-order valence-corrected chi connectivity index (χ3v) is 3.96. The Morgan fingerprint density at radius 2 is 1.56 bits per heavy atom. The van der Waals surface area contributed by atoms with E-state index in [1.807, 2.05) is 0 Å². The molecule has 7 heteroatoms. The van der Waals surface area contributed by atoms with E-state index in [9.17, 15) is 24.3 Å². The highest BCUT2D eigenvalue weighted by atomic mass is 16.3. The van der Waals surface area contributed by atoms with Crippen LogP contribution < -0.4 is 11.1 Å². The number of primary amides is 1. The van der Waals surface area contributed by atoms with Crippen LogP contribution in [0, 0.1) is 0 Å². The molecule has 0 bridgehead atoms. The topological polar surface area (TPSA) is 127 Å². The van der Waals surface area contributed by atoms with Crippen molar-refractivity contribution in [3.8, 4) is 5.75 Å². The molecule has 140 valence electrons. The molecule has 4 N–H and O–H groups in total. The number of aromatic hydroxyl groups is 1. The second-order valence-corrected chi connectivity index (χ2v) is 5.98. The Balaban J connectivity index is 1.98. The minimum atomic E-state index is -1.14. The number of carbonyl (C=O) groups is 4. The van der Waals surface area contributed by atoms with Crippen molar-refractivity contribution in [3.05, 3.63) is 65.7 Å². The number of ketones is 2. The normalized spacial score (nSPS) is 11.4. The van der Waals surface area contributed by atoms with Gasteiger partial charge in [-0.25, -0.2) is 0 Å². The maximum absolute atomic E-state index is 12.2. The highest BCUT2D eigenvalue weighted by Crippen LogP contribution is 2.18. The van der Waals surface area contributed by atoms with Crippen LogP contribution in [0.25, 0.3) is 0 Å². The van der Waals surface area contributed by atoms with Gasteiger partial charge in [-0.15, -0.1) is 0 Å². The summed E-state index contributed by atoms with van der Waals surface area (Å²) in [5, 5.41) is 12.1. The number of rotatable bonds is 9. The number of hydrogen-bond acceptors (Lipinski definition) is 5.